The Labute approximate surface area is 174 Å². The average Bonchev–Trinajstić information content (AvgIpc) is 2.94. The first kappa shape index (κ1) is 21.7. The molecule has 2 fully saturated rings. The largest absolute Gasteiger partial charge is 0.451 e. The summed E-state index contributed by atoms with van der Waals surface area (Å²) in [5.41, 5.74) is -0.261. The number of carbonyl (C=O) groups excluding carboxylic acids is 4. The van der Waals surface area contributed by atoms with E-state index in [1.165, 1.54) is 31.2 Å². The predicted octanol–water partition coefficient (Wildman–Crippen LogP) is 1.87. The third-order valence-electron chi connectivity index (χ3n) is 5.85. The third-order valence-corrected chi connectivity index (χ3v) is 5.85. The van der Waals surface area contributed by atoms with Crippen LogP contribution < -0.4 is 10.6 Å². The van der Waals surface area contributed by atoms with E-state index in [-0.39, 0.29) is 18.3 Å². The highest BCUT2D eigenvalue weighted by atomic mass is 19.1. The molecule has 1 spiro atoms. The number of benzene rings is 1. The van der Waals surface area contributed by atoms with Gasteiger partial charge in [0.1, 0.15) is 17.9 Å². The molecular weight excluding hydrogens is 393 g/mol. The van der Waals surface area contributed by atoms with Crippen LogP contribution in [0.4, 0.5) is 9.18 Å². The van der Waals surface area contributed by atoms with E-state index in [1.54, 1.807) is 0 Å². The first-order chi connectivity index (χ1) is 14.2. The molecule has 0 radical (unpaired) electrons. The van der Waals surface area contributed by atoms with Crippen molar-refractivity contribution in [1.82, 2.24) is 15.5 Å². The molecule has 2 aliphatic rings. The van der Waals surface area contributed by atoms with Crippen molar-refractivity contribution in [3.8, 4) is 0 Å². The zero-order chi connectivity index (χ0) is 21.9. The Morgan fingerprint density at radius 1 is 1.30 bits per heavy atom. The summed E-state index contributed by atoms with van der Waals surface area (Å²) in [4.78, 5) is 50.5. The topological polar surface area (TPSA) is 105 Å². The number of imide groups is 1. The minimum absolute atomic E-state index is 0.0140. The molecule has 1 saturated heterocycles. The van der Waals surface area contributed by atoms with Gasteiger partial charge >= 0.3 is 12.0 Å². The Morgan fingerprint density at radius 3 is 2.67 bits per heavy atom. The first-order valence-corrected chi connectivity index (χ1v) is 10.1. The lowest BCUT2D eigenvalue weighted by atomic mass is 9.73. The molecule has 1 heterocycles. The molecule has 1 saturated carbocycles. The summed E-state index contributed by atoms with van der Waals surface area (Å²) < 4.78 is 18.0. The molecule has 0 bridgehead atoms. The van der Waals surface area contributed by atoms with Gasteiger partial charge in [-0.1, -0.05) is 31.9 Å². The number of halogens is 1. The minimum atomic E-state index is -1.11. The SMILES string of the molecule is C[C@H](OC(=O)CN1C(=O)N[C@]2(CCCC[C@@H]2C)C1=O)C(=O)NCc1ccc(F)cc1. The van der Waals surface area contributed by atoms with Crippen molar-refractivity contribution in [3.05, 3.63) is 35.6 Å². The Hall–Kier alpha value is -2.97. The number of ether oxygens (including phenoxy) is 1. The number of rotatable bonds is 6. The van der Waals surface area contributed by atoms with Gasteiger partial charge in [-0.05, 0) is 43.4 Å². The lowest BCUT2D eigenvalue weighted by Crippen LogP contribution is -2.54. The highest BCUT2D eigenvalue weighted by Crippen LogP contribution is 2.38. The fourth-order valence-electron chi connectivity index (χ4n) is 3.99. The molecule has 3 rings (SSSR count). The summed E-state index contributed by atoms with van der Waals surface area (Å²) in [6, 6.07) is 5.02. The van der Waals surface area contributed by atoms with E-state index in [1.807, 2.05) is 6.92 Å². The van der Waals surface area contributed by atoms with E-state index in [9.17, 15) is 23.6 Å². The summed E-state index contributed by atoms with van der Waals surface area (Å²) in [5.74, 6) is -2.19. The number of esters is 1. The normalized spacial score (nSPS) is 24.5. The van der Waals surface area contributed by atoms with Gasteiger partial charge in [-0.15, -0.1) is 0 Å². The van der Waals surface area contributed by atoms with Gasteiger partial charge in [-0.25, -0.2) is 9.18 Å². The molecule has 4 amide bonds. The van der Waals surface area contributed by atoms with Crippen molar-refractivity contribution >= 4 is 23.8 Å². The maximum atomic E-state index is 12.9. The Balaban J connectivity index is 1.51. The summed E-state index contributed by atoms with van der Waals surface area (Å²) in [7, 11) is 0. The second-order valence-corrected chi connectivity index (χ2v) is 7.92. The molecule has 9 heteroatoms. The van der Waals surface area contributed by atoms with Gasteiger partial charge in [0, 0.05) is 6.54 Å². The molecule has 2 N–H and O–H groups in total. The Bertz CT molecular complexity index is 844. The van der Waals surface area contributed by atoms with Gasteiger partial charge in [-0.2, -0.15) is 0 Å². The van der Waals surface area contributed by atoms with Gasteiger partial charge in [-0.3, -0.25) is 19.3 Å². The zero-order valence-electron chi connectivity index (χ0n) is 17.1. The standard InChI is InChI=1S/C21H26FN3O5/c1-13-5-3-4-10-21(13)19(28)25(20(29)24-21)12-17(26)30-14(2)18(27)23-11-15-6-8-16(22)9-7-15/h6-9,13-14H,3-5,10-12H2,1-2H3,(H,23,27)(H,24,29)/t13-,14-,21-/m0/s1. The smallest absolute Gasteiger partial charge is 0.327 e. The molecule has 1 aliphatic carbocycles. The van der Waals surface area contributed by atoms with E-state index in [2.05, 4.69) is 10.6 Å². The monoisotopic (exact) mass is 419 g/mol. The quantitative estimate of drug-likeness (QED) is 0.541. The van der Waals surface area contributed by atoms with Crippen LogP contribution in [0.1, 0.15) is 45.1 Å². The van der Waals surface area contributed by atoms with Crippen molar-refractivity contribution in [2.45, 2.75) is 57.7 Å². The van der Waals surface area contributed by atoms with E-state index in [0.717, 1.165) is 24.2 Å². The van der Waals surface area contributed by atoms with Crippen LogP contribution in [0.5, 0.6) is 0 Å². The van der Waals surface area contributed by atoms with Crippen molar-refractivity contribution in [2.75, 3.05) is 6.54 Å². The number of nitrogens with one attached hydrogen (secondary N) is 2. The summed E-state index contributed by atoms with van der Waals surface area (Å²) in [6.45, 7) is 2.92. The fraction of sp³-hybridized carbons (Fsp3) is 0.524. The van der Waals surface area contributed by atoms with E-state index in [4.69, 9.17) is 4.74 Å². The van der Waals surface area contributed by atoms with Crippen LogP contribution in [0, 0.1) is 11.7 Å². The average molecular weight is 419 g/mol. The highest BCUT2D eigenvalue weighted by molar-refractivity contribution is 6.09. The lowest BCUT2D eigenvalue weighted by Gasteiger charge is -2.36. The molecular formula is C21H26FN3O5. The second kappa shape index (κ2) is 8.81. The van der Waals surface area contributed by atoms with Crippen LogP contribution in [0.2, 0.25) is 0 Å². The summed E-state index contributed by atoms with van der Waals surface area (Å²) >= 11 is 0. The molecule has 8 nitrogen and oxygen atoms in total. The Morgan fingerprint density at radius 2 is 2.00 bits per heavy atom. The molecule has 30 heavy (non-hydrogen) atoms. The molecule has 162 valence electrons. The van der Waals surface area contributed by atoms with Crippen molar-refractivity contribution in [2.24, 2.45) is 5.92 Å². The fourth-order valence-corrected chi connectivity index (χ4v) is 3.99. The maximum absolute atomic E-state index is 12.9. The highest BCUT2D eigenvalue weighted by Gasteiger charge is 2.55. The van der Waals surface area contributed by atoms with Crippen molar-refractivity contribution in [3.63, 3.8) is 0 Å². The van der Waals surface area contributed by atoms with Gasteiger partial charge in [0.15, 0.2) is 6.10 Å². The zero-order valence-corrected chi connectivity index (χ0v) is 17.1. The van der Waals surface area contributed by atoms with Crippen molar-refractivity contribution < 1.29 is 28.3 Å². The predicted molar refractivity (Wildman–Crippen MR) is 104 cm³/mol. The number of urea groups is 1. The summed E-state index contributed by atoms with van der Waals surface area (Å²) in [6.07, 6.45) is 2.10. The number of hydrogen-bond donors (Lipinski definition) is 2. The number of amides is 4. The second-order valence-electron chi connectivity index (χ2n) is 7.92. The maximum Gasteiger partial charge on any atom is 0.327 e. The number of carbonyl (C=O) groups is 4. The van der Waals surface area contributed by atoms with E-state index >= 15 is 0 Å². The van der Waals surface area contributed by atoms with Gasteiger partial charge in [0.05, 0.1) is 0 Å². The number of nitrogens with zero attached hydrogens (tertiary/aromatic N) is 1. The molecule has 0 unspecified atom stereocenters. The summed E-state index contributed by atoms with van der Waals surface area (Å²) in [5, 5.41) is 5.36. The minimum Gasteiger partial charge on any atom is -0.451 e. The molecule has 1 aromatic carbocycles. The van der Waals surface area contributed by atoms with Gasteiger partial charge < -0.3 is 15.4 Å². The lowest BCUT2D eigenvalue weighted by molar-refractivity contribution is -0.157. The van der Waals surface area contributed by atoms with Crippen LogP contribution >= 0.6 is 0 Å². The molecule has 3 atom stereocenters. The van der Waals surface area contributed by atoms with Crippen LogP contribution in [-0.2, 0) is 25.7 Å². The van der Waals surface area contributed by atoms with Crippen LogP contribution in [0.3, 0.4) is 0 Å². The molecule has 1 aliphatic heterocycles. The van der Waals surface area contributed by atoms with Crippen LogP contribution in [0.15, 0.2) is 24.3 Å². The van der Waals surface area contributed by atoms with Gasteiger partial charge in [0.2, 0.25) is 0 Å². The van der Waals surface area contributed by atoms with E-state index in [0.29, 0.717) is 12.0 Å². The Kier molecular flexibility index (Phi) is 6.38. The third kappa shape index (κ3) is 4.44. The van der Waals surface area contributed by atoms with Crippen LogP contribution in [-0.4, -0.2) is 46.9 Å². The van der Waals surface area contributed by atoms with E-state index < -0.39 is 42.0 Å². The molecule has 1 aromatic rings. The van der Waals surface area contributed by atoms with Gasteiger partial charge in [0.25, 0.3) is 11.8 Å². The first-order valence-electron chi connectivity index (χ1n) is 10.1. The van der Waals surface area contributed by atoms with Crippen LogP contribution in [0.25, 0.3) is 0 Å². The van der Waals surface area contributed by atoms with Crippen molar-refractivity contribution in [1.29, 1.82) is 0 Å². The molecule has 0 aromatic heterocycles. The number of hydrogen-bond acceptors (Lipinski definition) is 5.